The topological polar surface area (TPSA) is 55.6 Å². The van der Waals surface area contributed by atoms with Crippen molar-refractivity contribution in [2.75, 3.05) is 6.54 Å². The first kappa shape index (κ1) is 11.8. The highest BCUT2D eigenvalue weighted by atomic mass is 35.5. The third-order valence-electron chi connectivity index (χ3n) is 3.63. The predicted octanol–water partition coefficient (Wildman–Crippen LogP) is 2.17. The molecule has 1 aromatic carbocycles. The largest absolute Gasteiger partial charge is 0.292 e. The Morgan fingerprint density at radius 1 is 1.20 bits per heavy atom. The lowest BCUT2D eigenvalue weighted by Gasteiger charge is -2.27. The van der Waals surface area contributed by atoms with E-state index in [-0.39, 0.29) is 6.17 Å². The number of hydrogen-bond donors (Lipinski definition) is 1. The Morgan fingerprint density at radius 3 is 3.05 bits per heavy atom. The summed E-state index contributed by atoms with van der Waals surface area (Å²) in [6, 6.07) is 12.1. The second kappa shape index (κ2) is 4.54. The van der Waals surface area contributed by atoms with Gasteiger partial charge in [0.25, 0.3) is 0 Å². The third-order valence-corrected chi connectivity index (χ3v) is 3.84. The fourth-order valence-electron chi connectivity index (χ4n) is 2.70. The zero-order valence-electron chi connectivity index (χ0n) is 10.6. The van der Waals surface area contributed by atoms with Crippen molar-refractivity contribution in [1.29, 1.82) is 0 Å². The Hall–Kier alpha value is -1.98. The lowest BCUT2D eigenvalue weighted by atomic mass is 9.98. The van der Waals surface area contributed by atoms with Crippen molar-refractivity contribution in [2.45, 2.75) is 12.6 Å². The maximum atomic E-state index is 5.89. The van der Waals surface area contributed by atoms with Crippen LogP contribution in [0.2, 0.25) is 5.15 Å². The van der Waals surface area contributed by atoms with Crippen LogP contribution in [-0.2, 0) is 6.42 Å². The van der Waals surface area contributed by atoms with Gasteiger partial charge in [-0.1, -0.05) is 41.1 Å². The van der Waals surface area contributed by atoms with Gasteiger partial charge in [-0.2, -0.15) is 0 Å². The smallest absolute Gasteiger partial charge is 0.203 e. The van der Waals surface area contributed by atoms with Crippen LogP contribution in [0.3, 0.4) is 0 Å². The molecule has 1 atom stereocenters. The molecule has 20 heavy (non-hydrogen) atoms. The molecular weight excluding hydrogens is 274 g/mol. The quantitative estimate of drug-likeness (QED) is 0.696. The lowest BCUT2D eigenvalue weighted by Crippen LogP contribution is -2.35. The molecule has 0 bridgehead atoms. The minimum absolute atomic E-state index is 0.00655. The minimum atomic E-state index is -0.00655. The molecule has 1 unspecified atom stereocenters. The first-order valence-electron chi connectivity index (χ1n) is 6.51. The second-order valence-corrected chi connectivity index (χ2v) is 5.20. The van der Waals surface area contributed by atoms with E-state index in [0.29, 0.717) is 10.8 Å². The van der Waals surface area contributed by atoms with Crippen molar-refractivity contribution >= 4 is 22.8 Å². The SMILES string of the molecule is Clc1ccc2c(nnn2C2NCCc3ccccc32)n1. The number of nitrogens with zero attached hydrogens (tertiary/aromatic N) is 4. The number of pyridine rings is 1. The second-order valence-electron chi connectivity index (χ2n) is 4.82. The van der Waals surface area contributed by atoms with Gasteiger partial charge in [0.15, 0.2) is 0 Å². The van der Waals surface area contributed by atoms with E-state index in [9.17, 15) is 0 Å². The van der Waals surface area contributed by atoms with E-state index in [1.54, 1.807) is 6.07 Å². The normalized spacial score (nSPS) is 18.1. The van der Waals surface area contributed by atoms with Crippen LogP contribution in [0.1, 0.15) is 17.3 Å². The molecular formula is C14H12ClN5. The van der Waals surface area contributed by atoms with E-state index in [1.807, 2.05) is 16.8 Å². The van der Waals surface area contributed by atoms with E-state index >= 15 is 0 Å². The number of benzene rings is 1. The highest BCUT2D eigenvalue weighted by molar-refractivity contribution is 6.29. The van der Waals surface area contributed by atoms with Crippen molar-refractivity contribution in [3.63, 3.8) is 0 Å². The molecule has 6 heteroatoms. The molecule has 3 aromatic rings. The summed E-state index contributed by atoms with van der Waals surface area (Å²) in [5.74, 6) is 0. The molecule has 0 saturated heterocycles. The third kappa shape index (κ3) is 1.78. The zero-order valence-corrected chi connectivity index (χ0v) is 11.4. The molecule has 0 aliphatic carbocycles. The van der Waals surface area contributed by atoms with Crippen molar-refractivity contribution in [3.05, 3.63) is 52.7 Å². The van der Waals surface area contributed by atoms with Crippen molar-refractivity contribution in [3.8, 4) is 0 Å². The Morgan fingerprint density at radius 2 is 2.10 bits per heavy atom. The minimum Gasteiger partial charge on any atom is -0.292 e. The van der Waals surface area contributed by atoms with Crippen LogP contribution in [0.25, 0.3) is 11.2 Å². The number of halogens is 1. The van der Waals surface area contributed by atoms with Crippen molar-refractivity contribution < 1.29 is 0 Å². The highest BCUT2D eigenvalue weighted by Crippen LogP contribution is 2.26. The number of rotatable bonds is 1. The summed E-state index contributed by atoms with van der Waals surface area (Å²) in [4.78, 5) is 4.19. The average Bonchev–Trinajstić information content (AvgIpc) is 2.89. The Balaban J connectivity index is 1.88. The van der Waals surface area contributed by atoms with Crippen LogP contribution >= 0.6 is 11.6 Å². The van der Waals surface area contributed by atoms with Gasteiger partial charge in [-0.25, -0.2) is 9.67 Å². The zero-order chi connectivity index (χ0) is 13.5. The molecule has 3 heterocycles. The summed E-state index contributed by atoms with van der Waals surface area (Å²) in [5.41, 5.74) is 4.04. The molecule has 1 aliphatic heterocycles. The first-order chi connectivity index (χ1) is 9.83. The van der Waals surface area contributed by atoms with Crippen LogP contribution in [0.4, 0.5) is 0 Å². The Labute approximate surface area is 120 Å². The lowest BCUT2D eigenvalue weighted by molar-refractivity contribution is 0.412. The van der Waals surface area contributed by atoms with Gasteiger partial charge in [-0.3, -0.25) is 5.32 Å². The van der Waals surface area contributed by atoms with Gasteiger partial charge in [-0.05, 0) is 29.7 Å². The van der Waals surface area contributed by atoms with Gasteiger partial charge in [0.1, 0.15) is 16.8 Å². The molecule has 1 aliphatic rings. The van der Waals surface area contributed by atoms with Crippen LogP contribution in [0, 0.1) is 0 Å². The Kier molecular flexibility index (Phi) is 2.68. The van der Waals surface area contributed by atoms with Crippen LogP contribution in [0.15, 0.2) is 36.4 Å². The van der Waals surface area contributed by atoms with Gasteiger partial charge >= 0.3 is 0 Å². The Bertz CT molecular complexity index is 782. The molecule has 0 spiro atoms. The molecule has 0 fully saturated rings. The van der Waals surface area contributed by atoms with E-state index in [2.05, 4.69) is 38.8 Å². The number of fused-ring (bicyclic) bond motifs is 2. The molecule has 0 amide bonds. The average molecular weight is 286 g/mol. The number of aromatic nitrogens is 4. The van der Waals surface area contributed by atoms with Crippen LogP contribution in [0.5, 0.6) is 0 Å². The van der Waals surface area contributed by atoms with E-state index in [4.69, 9.17) is 11.6 Å². The number of hydrogen-bond acceptors (Lipinski definition) is 4. The molecule has 0 saturated carbocycles. The highest BCUT2D eigenvalue weighted by Gasteiger charge is 2.23. The molecule has 0 radical (unpaired) electrons. The molecule has 4 rings (SSSR count). The summed E-state index contributed by atoms with van der Waals surface area (Å²) in [7, 11) is 0. The monoisotopic (exact) mass is 285 g/mol. The molecule has 2 aromatic heterocycles. The number of nitrogens with one attached hydrogen (secondary N) is 1. The standard InChI is InChI=1S/C14H12ClN5/c15-12-6-5-11-13(17-12)18-19-20(11)14-10-4-2-1-3-9(10)7-8-16-14/h1-6,14,16H,7-8H2. The summed E-state index contributed by atoms with van der Waals surface area (Å²) in [5, 5.41) is 12.3. The summed E-state index contributed by atoms with van der Waals surface area (Å²) >= 11 is 5.89. The molecule has 100 valence electrons. The van der Waals surface area contributed by atoms with Crippen molar-refractivity contribution in [2.24, 2.45) is 0 Å². The van der Waals surface area contributed by atoms with E-state index in [0.717, 1.165) is 18.5 Å². The maximum absolute atomic E-state index is 5.89. The van der Waals surface area contributed by atoms with Gasteiger partial charge < -0.3 is 0 Å². The first-order valence-corrected chi connectivity index (χ1v) is 6.89. The van der Waals surface area contributed by atoms with E-state index < -0.39 is 0 Å². The summed E-state index contributed by atoms with van der Waals surface area (Å²) < 4.78 is 1.87. The fourth-order valence-corrected chi connectivity index (χ4v) is 2.84. The predicted molar refractivity (Wildman–Crippen MR) is 76.6 cm³/mol. The maximum Gasteiger partial charge on any atom is 0.203 e. The van der Waals surface area contributed by atoms with Gasteiger partial charge in [0.2, 0.25) is 5.65 Å². The molecule has 1 N–H and O–H groups in total. The van der Waals surface area contributed by atoms with Crippen molar-refractivity contribution in [1.82, 2.24) is 25.3 Å². The van der Waals surface area contributed by atoms with Gasteiger partial charge in [0, 0.05) is 6.54 Å². The van der Waals surface area contributed by atoms with Gasteiger partial charge in [-0.15, -0.1) is 5.10 Å². The van der Waals surface area contributed by atoms with E-state index in [1.165, 1.54) is 11.1 Å². The van der Waals surface area contributed by atoms with Crippen LogP contribution < -0.4 is 5.32 Å². The van der Waals surface area contributed by atoms with Crippen LogP contribution in [-0.4, -0.2) is 26.5 Å². The molecule has 5 nitrogen and oxygen atoms in total. The van der Waals surface area contributed by atoms with Gasteiger partial charge in [0.05, 0.1) is 0 Å². The summed E-state index contributed by atoms with van der Waals surface area (Å²) in [6.07, 6.45) is 1.02. The fraction of sp³-hybridized carbons (Fsp3) is 0.214. The summed E-state index contributed by atoms with van der Waals surface area (Å²) in [6.45, 7) is 0.921.